The van der Waals surface area contributed by atoms with Crippen molar-refractivity contribution >= 4 is 39.9 Å². The summed E-state index contributed by atoms with van der Waals surface area (Å²) in [5.74, 6) is 0.979. The highest BCUT2D eigenvalue weighted by Crippen LogP contribution is 2.37. The lowest BCUT2D eigenvalue weighted by atomic mass is 9.93. The summed E-state index contributed by atoms with van der Waals surface area (Å²) in [6, 6.07) is 21.4. The van der Waals surface area contributed by atoms with E-state index in [4.69, 9.17) is 11.6 Å². The minimum absolute atomic E-state index is 0.143. The molecule has 0 saturated carbocycles. The second-order valence-corrected chi connectivity index (χ2v) is 10.5. The van der Waals surface area contributed by atoms with Crippen LogP contribution in [0.25, 0.3) is 22.0 Å². The zero-order valence-corrected chi connectivity index (χ0v) is 21.9. The largest absolute Gasteiger partial charge is 0.366 e. The van der Waals surface area contributed by atoms with Gasteiger partial charge >= 0.3 is 0 Å². The van der Waals surface area contributed by atoms with Gasteiger partial charge in [-0.05, 0) is 48.7 Å². The molecule has 2 aromatic heterocycles. The fraction of sp³-hybridized carbons (Fsp3) is 0.300. The molecule has 0 spiro atoms. The summed E-state index contributed by atoms with van der Waals surface area (Å²) >= 11 is 6.39. The molecule has 2 aromatic carbocycles. The number of pyridine rings is 2. The van der Waals surface area contributed by atoms with Gasteiger partial charge in [-0.1, -0.05) is 48.0 Å². The quantitative estimate of drug-likeness (QED) is 0.412. The number of carbonyl (C=O) groups is 1. The summed E-state index contributed by atoms with van der Waals surface area (Å²) in [6.07, 6.45) is 3.48. The van der Waals surface area contributed by atoms with Crippen molar-refractivity contribution in [2.75, 3.05) is 49.1 Å². The number of piperidine rings is 1. The molecule has 1 unspecified atom stereocenters. The summed E-state index contributed by atoms with van der Waals surface area (Å²) in [5.41, 5.74) is 3.04. The molecule has 1 N–H and O–H groups in total. The normalized spacial score (nSPS) is 18.1. The minimum atomic E-state index is -0.150. The van der Waals surface area contributed by atoms with Gasteiger partial charge in [0.05, 0.1) is 5.92 Å². The number of benzene rings is 2. The molecule has 6 rings (SSSR count). The lowest BCUT2D eigenvalue weighted by Crippen LogP contribution is -2.53. The first-order valence-corrected chi connectivity index (χ1v) is 13.6. The summed E-state index contributed by atoms with van der Waals surface area (Å²) in [7, 11) is 0. The molecule has 4 heterocycles. The van der Waals surface area contributed by atoms with Gasteiger partial charge in [-0.3, -0.25) is 9.59 Å². The van der Waals surface area contributed by atoms with Gasteiger partial charge in [0.25, 0.3) is 5.56 Å². The van der Waals surface area contributed by atoms with Gasteiger partial charge < -0.3 is 19.7 Å². The number of halogens is 1. The number of fused-ring (bicyclic) bond motifs is 1. The molecule has 4 aromatic rings. The van der Waals surface area contributed by atoms with Crippen LogP contribution in [0.4, 0.5) is 11.5 Å². The van der Waals surface area contributed by atoms with Crippen LogP contribution in [-0.4, -0.2) is 60.0 Å². The number of amides is 1. The lowest BCUT2D eigenvalue weighted by molar-refractivity contribution is -0.136. The third-order valence-electron chi connectivity index (χ3n) is 7.66. The van der Waals surface area contributed by atoms with Crippen LogP contribution in [0.5, 0.6) is 0 Å². The molecule has 2 aliphatic heterocycles. The molecule has 8 heteroatoms. The van der Waals surface area contributed by atoms with E-state index >= 15 is 0 Å². The minimum Gasteiger partial charge on any atom is -0.366 e. The molecule has 7 nitrogen and oxygen atoms in total. The number of rotatable bonds is 4. The number of aromatic nitrogens is 2. The number of hydrogen-bond donors (Lipinski definition) is 1. The first-order valence-electron chi connectivity index (χ1n) is 13.2. The Balaban J connectivity index is 1.27. The van der Waals surface area contributed by atoms with Crippen LogP contribution in [0.1, 0.15) is 12.8 Å². The Bertz CT molecular complexity index is 1500. The maximum Gasteiger partial charge on any atom is 0.272 e. The van der Waals surface area contributed by atoms with Gasteiger partial charge in [0.1, 0.15) is 11.5 Å². The number of anilines is 2. The molecule has 2 aliphatic rings. The van der Waals surface area contributed by atoms with Crippen molar-refractivity contribution in [3.05, 3.63) is 88.3 Å². The van der Waals surface area contributed by atoms with Crippen LogP contribution in [0.2, 0.25) is 5.02 Å². The molecule has 38 heavy (non-hydrogen) atoms. The average molecular weight is 528 g/mol. The van der Waals surface area contributed by atoms with Gasteiger partial charge in [0.2, 0.25) is 5.91 Å². The number of carbonyl (C=O) groups excluding carboxylic acids is 1. The van der Waals surface area contributed by atoms with Crippen molar-refractivity contribution in [3.8, 4) is 11.1 Å². The number of nitrogens with zero attached hydrogens (tertiary/aromatic N) is 4. The monoisotopic (exact) mass is 527 g/mol. The Kier molecular flexibility index (Phi) is 6.77. The zero-order chi connectivity index (χ0) is 26.1. The Hall–Kier alpha value is -3.84. The predicted octanol–water partition coefficient (Wildman–Crippen LogP) is 4.81. The summed E-state index contributed by atoms with van der Waals surface area (Å²) in [5, 5.41) is 1.52. The third-order valence-corrected chi connectivity index (χ3v) is 7.90. The molecular weight excluding hydrogens is 498 g/mol. The van der Waals surface area contributed by atoms with Gasteiger partial charge in [0, 0.05) is 67.0 Å². The highest BCUT2D eigenvalue weighted by molar-refractivity contribution is 6.31. The van der Waals surface area contributed by atoms with E-state index in [2.05, 4.69) is 19.8 Å². The Morgan fingerprint density at radius 2 is 1.71 bits per heavy atom. The standard InChI is InChI=1S/C30H30ClN5O2/c31-23-11-12-25-24(19-23)27(21-7-2-1-3-8-21)28(29(37)33-25)36-14-6-9-22(20-36)30(38)35-17-15-34(16-18-35)26-10-4-5-13-32-26/h1-5,7-8,10-13,19,22H,6,9,14-18,20H2,(H,33,37). The SMILES string of the molecule is O=C(C1CCCN(c2c(-c3ccccc3)c3cc(Cl)ccc3[nH]c2=O)C1)N1CCN(c2ccccn2)CC1. The maximum atomic E-state index is 13.6. The Labute approximate surface area is 226 Å². The van der Waals surface area contributed by atoms with E-state index in [0.717, 1.165) is 60.3 Å². The summed E-state index contributed by atoms with van der Waals surface area (Å²) in [4.78, 5) is 41.0. The summed E-state index contributed by atoms with van der Waals surface area (Å²) in [6.45, 7) is 4.14. The van der Waals surface area contributed by atoms with Crippen LogP contribution in [0.3, 0.4) is 0 Å². The van der Waals surface area contributed by atoms with Gasteiger partial charge in [-0.2, -0.15) is 0 Å². The van der Waals surface area contributed by atoms with Crippen LogP contribution in [-0.2, 0) is 4.79 Å². The van der Waals surface area contributed by atoms with Gasteiger partial charge in [-0.25, -0.2) is 4.98 Å². The third kappa shape index (κ3) is 4.74. The Morgan fingerprint density at radius 1 is 0.921 bits per heavy atom. The van der Waals surface area contributed by atoms with Crippen molar-refractivity contribution in [2.24, 2.45) is 5.92 Å². The first-order chi connectivity index (χ1) is 18.6. The van der Waals surface area contributed by atoms with Gasteiger partial charge in [0.15, 0.2) is 0 Å². The van der Waals surface area contributed by atoms with E-state index in [0.29, 0.717) is 30.3 Å². The summed E-state index contributed by atoms with van der Waals surface area (Å²) < 4.78 is 0. The number of nitrogens with one attached hydrogen (secondary N) is 1. The Morgan fingerprint density at radius 3 is 2.47 bits per heavy atom. The van der Waals surface area contributed by atoms with E-state index in [1.165, 1.54) is 0 Å². The number of aromatic amines is 1. The number of H-pyrrole nitrogens is 1. The molecule has 2 saturated heterocycles. The highest BCUT2D eigenvalue weighted by atomic mass is 35.5. The molecule has 1 amide bonds. The topological polar surface area (TPSA) is 72.5 Å². The fourth-order valence-electron chi connectivity index (χ4n) is 5.79. The van der Waals surface area contributed by atoms with Crippen molar-refractivity contribution in [1.82, 2.24) is 14.9 Å². The van der Waals surface area contributed by atoms with E-state index < -0.39 is 0 Å². The molecule has 2 fully saturated rings. The average Bonchev–Trinajstić information content (AvgIpc) is 2.97. The zero-order valence-electron chi connectivity index (χ0n) is 21.1. The number of hydrogen-bond acceptors (Lipinski definition) is 5. The van der Waals surface area contributed by atoms with Crippen molar-refractivity contribution < 1.29 is 4.79 Å². The van der Waals surface area contributed by atoms with Crippen LogP contribution in [0, 0.1) is 5.92 Å². The molecule has 194 valence electrons. The molecule has 0 bridgehead atoms. The van der Waals surface area contributed by atoms with Crippen molar-refractivity contribution in [3.63, 3.8) is 0 Å². The second-order valence-electron chi connectivity index (χ2n) is 10.0. The maximum absolute atomic E-state index is 13.6. The molecular formula is C30H30ClN5O2. The lowest BCUT2D eigenvalue weighted by Gasteiger charge is -2.40. The molecule has 0 aliphatic carbocycles. The van der Waals surface area contributed by atoms with E-state index in [-0.39, 0.29) is 17.4 Å². The first kappa shape index (κ1) is 24.5. The predicted molar refractivity (Wildman–Crippen MR) is 153 cm³/mol. The molecule has 1 atom stereocenters. The fourth-order valence-corrected chi connectivity index (χ4v) is 5.96. The number of piperazine rings is 1. The second kappa shape index (κ2) is 10.5. The highest BCUT2D eigenvalue weighted by Gasteiger charge is 2.33. The van der Waals surface area contributed by atoms with Crippen molar-refractivity contribution in [1.29, 1.82) is 0 Å². The van der Waals surface area contributed by atoms with E-state index in [1.807, 2.05) is 65.6 Å². The van der Waals surface area contributed by atoms with Crippen molar-refractivity contribution in [2.45, 2.75) is 12.8 Å². The smallest absolute Gasteiger partial charge is 0.272 e. The van der Waals surface area contributed by atoms with E-state index in [9.17, 15) is 9.59 Å². The van der Waals surface area contributed by atoms with E-state index in [1.54, 1.807) is 12.3 Å². The van der Waals surface area contributed by atoms with Gasteiger partial charge in [-0.15, -0.1) is 0 Å². The van der Waals surface area contributed by atoms with Crippen LogP contribution in [0.15, 0.2) is 77.7 Å². The van der Waals surface area contributed by atoms with Crippen LogP contribution >= 0.6 is 11.6 Å². The molecule has 0 radical (unpaired) electrons. The van der Waals surface area contributed by atoms with Crippen LogP contribution < -0.4 is 15.4 Å².